The van der Waals surface area contributed by atoms with Crippen LogP contribution < -0.4 is 0 Å². The van der Waals surface area contributed by atoms with Crippen LogP contribution in [0.3, 0.4) is 0 Å². The van der Waals surface area contributed by atoms with Gasteiger partial charge in [-0.1, -0.05) is 92.6 Å². The minimum atomic E-state index is -0.307. The van der Waals surface area contributed by atoms with Gasteiger partial charge in [-0.2, -0.15) is 0 Å². The van der Waals surface area contributed by atoms with Crippen molar-refractivity contribution >= 4 is 5.84 Å². The second kappa shape index (κ2) is 8.26. The van der Waals surface area contributed by atoms with E-state index in [1.807, 2.05) is 0 Å². The largest absolute Gasteiger partial charge is 0.335 e. The van der Waals surface area contributed by atoms with Crippen molar-refractivity contribution in [3.05, 3.63) is 95.7 Å². The fraction of sp³-hybridized carbons (Fsp3) is 0.393. The number of likely N-dealkylation sites (tertiary alicyclic amines) is 1. The number of hydrogen-bond acceptors (Lipinski definition) is 1. The van der Waals surface area contributed by atoms with Gasteiger partial charge in [0.2, 0.25) is 0 Å². The average Bonchev–Trinajstić information content (AvgIpc) is 2.83. The van der Waals surface area contributed by atoms with E-state index in [4.69, 9.17) is 4.99 Å². The number of nitrogens with zero attached hydrogens (tertiary/aromatic N) is 2. The van der Waals surface area contributed by atoms with Crippen LogP contribution in [0.5, 0.6) is 0 Å². The summed E-state index contributed by atoms with van der Waals surface area (Å²) in [7, 11) is 0. The standard InChI is InChI=1S/C28H32N2/c1-22-27(29-25-18-10-4-11-19-25)30(26-20-12-5-13-21-26)28(22,23-14-6-2-7-15-23)24-16-8-3-9-17-24/h2-3,6-9,14-18,26H,1,4-5,10-13,19-21H2. The van der Waals surface area contributed by atoms with Crippen molar-refractivity contribution in [3.8, 4) is 0 Å². The van der Waals surface area contributed by atoms with Crippen LogP contribution in [0.25, 0.3) is 0 Å². The molecule has 0 N–H and O–H groups in total. The summed E-state index contributed by atoms with van der Waals surface area (Å²) in [4.78, 5) is 7.88. The van der Waals surface area contributed by atoms with Gasteiger partial charge in [-0.25, -0.2) is 4.99 Å². The number of allylic oxidation sites excluding steroid dienone is 2. The monoisotopic (exact) mass is 396 g/mol. The Balaban J connectivity index is 1.67. The highest BCUT2D eigenvalue weighted by atomic mass is 15.3. The predicted molar refractivity (Wildman–Crippen MR) is 126 cm³/mol. The van der Waals surface area contributed by atoms with E-state index in [1.54, 1.807) is 0 Å². The van der Waals surface area contributed by atoms with E-state index in [-0.39, 0.29) is 5.54 Å². The molecule has 3 aliphatic rings. The maximum absolute atomic E-state index is 5.23. The number of aliphatic imine (C=N–C) groups is 1. The number of rotatable bonds is 4. The molecule has 2 aromatic carbocycles. The molecule has 0 spiro atoms. The molecule has 2 aliphatic carbocycles. The zero-order chi connectivity index (χ0) is 20.4. The Morgan fingerprint density at radius 1 is 0.800 bits per heavy atom. The van der Waals surface area contributed by atoms with Crippen molar-refractivity contribution in [2.75, 3.05) is 0 Å². The van der Waals surface area contributed by atoms with Crippen molar-refractivity contribution in [3.63, 3.8) is 0 Å². The molecule has 30 heavy (non-hydrogen) atoms. The Labute approximate surface area is 181 Å². The van der Waals surface area contributed by atoms with Gasteiger partial charge in [0.15, 0.2) is 0 Å². The van der Waals surface area contributed by atoms with Crippen LogP contribution in [-0.4, -0.2) is 16.8 Å². The quantitative estimate of drug-likeness (QED) is 0.544. The number of hydrogen-bond donors (Lipinski definition) is 0. The predicted octanol–water partition coefficient (Wildman–Crippen LogP) is 6.99. The Bertz CT molecular complexity index is 909. The van der Waals surface area contributed by atoms with Crippen LogP contribution >= 0.6 is 0 Å². The van der Waals surface area contributed by atoms with Crippen LogP contribution in [0.1, 0.15) is 68.9 Å². The minimum absolute atomic E-state index is 0.307. The highest BCUT2D eigenvalue weighted by Crippen LogP contribution is 2.53. The highest BCUT2D eigenvalue weighted by Gasteiger charge is 2.57. The molecule has 2 nitrogen and oxygen atoms in total. The van der Waals surface area contributed by atoms with Gasteiger partial charge < -0.3 is 4.90 Å². The number of benzene rings is 2. The zero-order valence-electron chi connectivity index (χ0n) is 17.9. The van der Waals surface area contributed by atoms with Gasteiger partial charge in [-0.3, -0.25) is 0 Å². The molecule has 1 saturated carbocycles. The van der Waals surface area contributed by atoms with E-state index in [0.29, 0.717) is 6.04 Å². The van der Waals surface area contributed by atoms with E-state index in [0.717, 1.165) is 24.3 Å². The summed E-state index contributed by atoms with van der Waals surface area (Å²) in [6.45, 7) is 4.66. The second-order valence-electron chi connectivity index (χ2n) is 8.96. The van der Waals surface area contributed by atoms with Crippen molar-refractivity contribution in [1.29, 1.82) is 0 Å². The molecular formula is C28H32N2. The Kier molecular flexibility index (Phi) is 5.33. The first-order valence-corrected chi connectivity index (χ1v) is 11.7. The Hall–Kier alpha value is -2.61. The first kappa shape index (κ1) is 19.4. The van der Waals surface area contributed by atoms with Crippen molar-refractivity contribution < 1.29 is 0 Å². The summed E-state index contributed by atoms with van der Waals surface area (Å²) in [5, 5.41) is 0. The van der Waals surface area contributed by atoms with Gasteiger partial charge in [0.25, 0.3) is 0 Å². The van der Waals surface area contributed by atoms with E-state index < -0.39 is 0 Å². The lowest BCUT2D eigenvalue weighted by Gasteiger charge is -2.60. The molecule has 0 aromatic heterocycles. The molecule has 2 fully saturated rings. The maximum Gasteiger partial charge on any atom is 0.136 e. The Morgan fingerprint density at radius 3 is 2.00 bits per heavy atom. The minimum Gasteiger partial charge on any atom is -0.335 e. The summed E-state index contributed by atoms with van der Waals surface area (Å²) in [6.07, 6.45) is 13.6. The molecular weight excluding hydrogens is 364 g/mol. The van der Waals surface area contributed by atoms with E-state index in [9.17, 15) is 0 Å². The summed E-state index contributed by atoms with van der Waals surface area (Å²) >= 11 is 0. The van der Waals surface area contributed by atoms with Gasteiger partial charge in [-0.15, -0.1) is 0 Å². The first-order chi connectivity index (χ1) is 14.8. The Morgan fingerprint density at radius 2 is 1.43 bits per heavy atom. The molecule has 2 aromatic rings. The van der Waals surface area contributed by atoms with Crippen LogP contribution in [0, 0.1) is 0 Å². The van der Waals surface area contributed by atoms with Crippen molar-refractivity contribution in [1.82, 2.24) is 4.90 Å². The van der Waals surface area contributed by atoms with Gasteiger partial charge >= 0.3 is 0 Å². The normalized spacial score (nSPS) is 23.2. The van der Waals surface area contributed by atoms with Crippen molar-refractivity contribution in [2.24, 2.45) is 4.99 Å². The van der Waals surface area contributed by atoms with Gasteiger partial charge in [0.1, 0.15) is 11.4 Å². The van der Waals surface area contributed by atoms with E-state index >= 15 is 0 Å². The van der Waals surface area contributed by atoms with Crippen LogP contribution in [0.4, 0.5) is 0 Å². The molecule has 0 unspecified atom stereocenters. The average molecular weight is 397 g/mol. The molecule has 154 valence electrons. The molecule has 2 heteroatoms. The molecule has 1 heterocycles. The molecule has 0 radical (unpaired) electrons. The SMILES string of the molecule is C=C1C(=NC2=CCCCC2)N(C2CCCCC2)C1(c1ccccc1)c1ccccc1. The molecule has 0 bridgehead atoms. The highest BCUT2D eigenvalue weighted by molar-refractivity contribution is 6.09. The molecule has 1 saturated heterocycles. The second-order valence-corrected chi connectivity index (χ2v) is 8.96. The summed E-state index contributed by atoms with van der Waals surface area (Å²) in [5.41, 5.74) is 4.72. The summed E-state index contributed by atoms with van der Waals surface area (Å²) in [6, 6.07) is 22.4. The lowest BCUT2D eigenvalue weighted by molar-refractivity contribution is 0.124. The third kappa shape index (κ3) is 3.14. The molecule has 1 aliphatic heterocycles. The van der Waals surface area contributed by atoms with Crippen LogP contribution in [0.2, 0.25) is 0 Å². The third-order valence-corrected chi connectivity index (χ3v) is 7.14. The fourth-order valence-electron chi connectivity index (χ4n) is 5.68. The molecule has 5 rings (SSSR count). The number of amidine groups is 1. The lowest BCUT2D eigenvalue weighted by Crippen LogP contribution is -2.67. The first-order valence-electron chi connectivity index (χ1n) is 11.7. The van der Waals surface area contributed by atoms with Crippen LogP contribution in [-0.2, 0) is 5.54 Å². The lowest BCUT2D eigenvalue weighted by atomic mass is 9.67. The van der Waals surface area contributed by atoms with Gasteiger partial charge in [0.05, 0.1) is 0 Å². The van der Waals surface area contributed by atoms with Gasteiger partial charge in [0, 0.05) is 17.3 Å². The maximum atomic E-state index is 5.23. The van der Waals surface area contributed by atoms with E-state index in [2.05, 4.69) is 78.2 Å². The van der Waals surface area contributed by atoms with Gasteiger partial charge in [-0.05, 0) is 49.7 Å². The fourth-order valence-corrected chi connectivity index (χ4v) is 5.68. The molecule has 0 amide bonds. The van der Waals surface area contributed by atoms with E-state index in [1.165, 1.54) is 61.8 Å². The van der Waals surface area contributed by atoms with Crippen molar-refractivity contribution in [2.45, 2.75) is 69.4 Å². The smallest absolute Gasteiger partial charge is 0.136 e. The topological polar surface area (TPSA) is 15.6 Å². The third-order valence-electron chi connectivity index (χ3n) is 7.14. The zero-order valence-corrected chi connectivity index (χ0v) is 17.9. The molecule has 0 atom stereocenters. The van der Waals surface area contributed by atoms with Crippen LogP contribution in [0.15, 0.2) is 89.6 Å². The summed E-state index contributed by atoms with van der Waals surface area (Å²) in [5.74, 6) is 1.13. The summed E-state index contributed by atoms with van der Waals surface area (Å²) < 4.78 is 0.